The van der Waals surface area contributed by atoms with Crippen LogP contribution in [0.1, 0.15) is 36.5 Å². The first-order chi connectivity index (χ1) is 13.5. The lowest BCUT2D eigenvalue weighted by Gasteiger charge is -2.18. The predicted octanol–water partition coefficient (Wildman–Crippen LogP) is 3.87. The molecule has 1 aromatic carbocycles. The highest BCUT2D eigenvalue weighted by Gasteiger charge is 2.14. The fourth-order valence-corrected chi connectivity index (χ4v) is 3.58. The number of rotatable bonds is 7. The number of hydrogen-bond acceptors (Lipinski definition) is 2. The van der Waals surface area contributed by atoms with Crippen molar-refractivity contribution >= 4 is 40.8 Å². The maximum Gasteiger partial charge on any atom is 0.191 e. The van der Waals surface area contributed by atoms with Gasteiger partial charge in [-0.1, -0.05) is 18.2 Å². The molecule has 0 spiro atoms. The van der Waals surface area contributed by atoms with Gasteiger partial charge in [0.15, 0.2) is 5.96 Å². The fraction of sp³-hybridized carbons (Fsp3) is 0.455. The summed E-state index contributed by atoms with van der Waals surface area (Å²) < 4.78 is 1.96. The Labute approximate surface area is 190 Å². The molecule has 0 bridgehead atoms. The lowest BCUT2D eigenvalue weighted by atomic mass is 10.1. The van der Waals surface area contributed by atoms with Crippen LogP contribution in [-0.4, -0.2) is 39.9 Å². The number of aromatic nitrogens is 3. The van der Waals surface area contributed by atoms with E-state index in [1.54, 1.807) is 0 Å². The van der Waals surface area contributed by atoms with Crippen molar-refractivity contribution in [2.75, 3.05) is 13.1 Å². The van der Waals surface area contributed by atoms with Crippen molar-refractivity contribution in [2.24, 2.45) is 12.0 Å². The maximum absolute atomic E-state index is 4.76. The number of hydrogen-bond donors (Lipinski definition) is 3. The highest BCUT2D eigenvalue weighted by Crippen LogP contribution is 2.15. The molecule has 0 fully saturated rings. The van der Waals surface area contributed by atoms with Gasteiger partial charge in [0.25, 0.3) is 0 Å². The number of H-pyrrole nitrogens is 1. The minimum Gasteiger partial charge on any atom is -0.358 e. The summed E-state index contributed by atoms with van der Waals surface area (Å²) in [6.07, 6.45) is 1.82. The quantitative estimate of drug-likeness (QED) is 0.258. The average molecular weight is 508 g/mol. The van der Waals surface area contributed by atoms with Crippen molar-refractivity contribution in [1.29, 1.82) is 0 Å². The molecular formula is C22H33IN6. The molecule has 7 heteroatoms. The Morgan fingerprint density at radius 2 is 2.03 bits per heavy atom. The molecule has 3 N–H and O–H groups in total. The standard InChI is InChI=1S/C22H32N6.HI/c1-6-23-22(25-15(2)13-20-16(3)27-28(5)17(20)4)24-12-11-19-14-18-9-7-8-10-21(18)26-19;/h7-10,14-15,26H,6,11-13H2,1-5H3,(H2,23,24,25);1H. The van der Waals surface area contributed by atoms with Crippen LogP contribution < -0.4 is 10.6 Å². The monoisotopic (exact) mass is 508 g/mol. The number of benzene rings is 1. The number of aryl methyl sites for hydroxylation is 2. The van der Waals surface area contributed by atoms with Crippen LogP contribution >= 0.6 is 24.0 Å². The van der Waals surface area contributed by atoms with Crippen LogP contribution in [0.2, 0.25) is 0 Å². The second-order valence-corrected chi connectivity index (χ2v) is 7.41. The van der Waals surface area contributed by atoms with Gasteiger partial charge in [0.1, 0.15) is 0 Å². The Morgan fingerprint density at radius 3 is 2.69 bits per heavy atom. The minimum absolute atomic E-state index is 0. The second kappa shape index (κ2) is 10.7. The molecule has 3 aromatic rings. The van der Waals surface area contributed by atoms with Crippen molar-refractivity contribution in [3.63, 3.8) is 0 Å². The van der Waals surface area contributed by atoms with Crippen LogP contribution in [-0.2, 0) is 19.9 Å². The van der Waals surface area contributed by atoms with E-state index in [0.29, 0.717) is 0 Å². The number of halogens is 1. The molecule has 0 aliphatic heterocycles. The van der Waals surface area contributed by atoms with Crippen molar-refractivity contribution in [3.05, 3.63) is 53.0 Å². The van der Waals surface area contributed by atoms with Gasteiger partial charge in [-0.15, -0.1) is 24.0 Å². The molecule has 0 saturated carbocycles. The van der Waals surface area contributed by atoms with Crippen molar-refractivity contribution < 1.29 is 0 Å². The summed E-state index contributed by atoms with van der Waals surface area (Å²) in [4.78, 5) is 8.23. The highest BCUT2D eigenvalue weighted by molar-refractivity contribution is 14.0. The van der Waals surface area contributed by atoms with Gasteiger partial charge >= 0.3 is 0 Å². The summed E-state index contributed by atoms with van der Waals surface area (Å²) in [5, 5.41) is 12.7. The van der Waals surface area contributed by atoms with Crippen LogP contribution in [0.3, 0.4) is 0 Å². The first-order valence-corrected chi connectivity index (χ1v) is 10.1. The first kappa shape index (κ1) is 23.3. The average Bonchev–Trinajstić information content (AvgIpc) is 3.17. The fourth-order valence-electron chi connectivity index (χ4n) is 3.58. The molecule has 0 radical (unpaired) electrons. The molecule has 158 valence electrons. The molecule has 6 nitrogen and oxygen atoms in total. The second-order valence-electron chi connectivity index (χ2n) is 7.41. The van der Waals surface area contributed by atoms with Crippen LogP contribution in [0.4, 0.5) is 0 Å². The van der Waals surface area contributed by atoms with E-state index in [4.69, 9.17) is 4.99 Å². The minimum atomic E-state index is 0. The number of aromatic amines is 1. The molecule has 1 unspecified atom stereocenters. The molecule has 2 aromatic heterocycles. The lowest BCUT2D eigenvalue weighted by Crippen LogP contribution is -2.43. The zero-order valence-electron chi connectivity index (χ0n) is 18.0. The van der Waals surface area contributed by atoms with Gasteiger partial charge in [0, 0.05) is 49.5 Å². The molecule has 3 rings (SSSR count). The van der Waals surface area contributed by atoms with Crippen LogP contribution in [0.25, 0.3) is 10.9 Å². The number of guanidine groups is 1. The summed E-state index contributed by atoms with van der Waals surface area (Å²) in [7, 11) is 2.00. The number of para-hydroxylation sites is 1. The smallest absolute Gasteiger partial charge is 0.191 e. The van der Waals surface area contributed by atoms with E-state index >= 15 is 0 Å². The number of fused-ring (bicyclic) bond motifs is 1. The van der Waals surface area contributed by atoms with E-state index in [1.807, 2.05) is 11.7 Å². The normalized spacial score (nSPS) is 12.7. The van der Waals surface area contributed by atoms with Gasteiger partial charge in [-0.2, -0.15) is 5.10 Å². The zero-order valence-corrected chi connectivity index (χ0v) is 20.4. The Hall–Kier alpha value is -2.03. The first-order valence-electron chi connectivity index (χ1n) is 10.1. The molecule has 0 aliphatic carbocycles. The third-order valence-corrected chi connectivity index (χ3v) is 5.13. The van der Waals surface area contributed by atoms with Gasteiger partial charge in [-0.3, -0.25) is 9.67 Å². The Bertz CT molecular complexity index is 923. The molecule has 0 amide bonds. The van der Waals surface area contributed by atoms with E-state index in [0.717, 1.165) is 37.6 Å². The number of nitrogens with zero attached hydrogens (tertiary/aromatic N) is 3. The van der Waals surface area contributed by atoms with E-state index in [1.165, 1.54) is 27.9 Å². The third kappa shape index (κ3) is 5.98. The topological polar surface area (TPSA) is 70.0 Å². The zero-order chi connectivity index (χ0) is 20.1. The summed E-state index contributed by atoms with van der Waals surface area (Å²) >= 11 is 0. The van der Waals surface area contributed by atoms with E-state index in [-0.39, 0.29) is 30.0 Å². The number of nitrogens with one attached hydrogen (secondary N) is 3. The van der Waals surface area contributed by atoms with Crippen molar-refractivity contribution in [2.45, 2.75) is 46.6 Å². The molecule has 0 aliphatic rings. The van der Waals surface area contributed by atoms with Gasteiger partial charge in [-0.25, -0.2) is 0 Å². The molecule has 1 atom stereocenters. The molecule has 2 heterocycles. The predicted molar refractivity (Wildman–Crippen MR) is 132 cm³/mol. The van der Waals surface area contributed by atoms with Gasteiger partial charge in [0.2, 0.25) is 0 Å². The Balaban J connectivity index is 0.00000300. The van der Waals surface area contributed by atoms with Crippen LogP contribution in [0, 0.1) is 13.8 Å². The Morgan fingerprint density at radius 1 is 1.28 bits per heavy atom. The van der Waals surface area contributed by atoms with E-state index < -0.39 is 0 Å². The van der Waals surface area contributed by atoms with Crippen molar-refractivity contribution in [3.8, 4) is 0 Å². The number of aliphatic imine (C=N–C) groups is 1. The van der Waals surface area contributed by atoms with E-state index in [9.17, 15) is 0 Å². The van der Waals surface area contributed by atoms with E-state index in [2.05, 4.69) is 78.7 Å². The molecule has 29 heavy (non-hydrogen) atoms. The van der Waals surface area contributed by atoms with Gasteiger partial charge in [-0.05, 0) is 57.2 Å². The van der Waals surface area contributed by atoms with Gasteiger partial charge < -0.3 is 15.6 Å². The summed E-state index contributed by atoms with van der Waals surface area (Å²) in [6, 6.07) is 10.8. The Kier molecular flexibility index (Phi) is 8.55. The largest absolute Gasteiger partial charge is 0.358 e. The molecule has 0 saturated heterocycles. The SMILES string of the molecule is CCNC(=NCCc1cc2ccccc2[nH]1)NC(C)Cc1c(C)nn(C)c1C.I. The van der Waals surface area contributed by atoms with Crippen LogP contribution in [0.15, 0.2) is 35.3 Å². The summed E-state index contributed by atoms with van der Waals surface area (Å²) in [6.45, 7) is 10.1. The maximum atomic E-state index is 4.76. The lowest BCUT2D eigenvalue weighted by molar-refractivity contribution is 0.635. The van der Waals surface area contributed by atoms with Crippen LogP contribution in [0.5, 0.6) is 0 Å². The summed E-state index contributed by atoms with van der Waals surface area (Å²) in [5.74, 6) is 0.866. The summed E-state index contributed by atoms with van der Waals surface area (Å²) in [5.41, 5.74) is 6.05. The highest BCUT2D eigenvalue weighted by atomic mass is 127. The third-order valence-electron chi connectivity index (χ3n) is 5.13. The molecular weight excluding hydrogens is 475 g/mol. The van der Waals surface area contributed by atoms with Gasteiger partial charge in [0.05, 0.1) is 5.69 Å². The van der Waals surface area contributed by atoms with Crippen molar-refractivity contribution in [1.82, 2.24) is 25.4 Å².